The van der Waals surface area contributed by atoms with E-state index in [1.165, 1.54) is 0 Å². The van der Waals surface area contributed by atoms with E-state index in [0.717, 1.165) is 38.8 Å². The van der Waals surface area contributed by atoms with Crippen LogP contribution in [0, 0.1) is 17.8 Å². The number of nitrogens with zero attached hydrogens (tertiary/aromatic N) is 1. The number of hydrogen-bond acceptors (Lipinski definition) is 3. The van der Waals surface area contributed by atoms with Crippen LogP contribution >= 0.6 is 0 Å². The summed E-state index contributed by atoms with van der Waals surface area (Å²) in [5.74, 6) is 0.571. The van der Waals surface area contributed by atoms with Gasteiger partial charge in [-0.25, -0.2) is 0 Å². The van der Waals surface area contributed by atoms with Crippen molar-refractivity contribution in [3.63, 3.8) is 0 Å². The zero-order valence-corrected chi connectivity index (χ0v) is 9.38. The van der Waals surface area contributed by atoms with E-state index in [1.807, 2.05) is 0 Å². The van der Waals surface area contributed by atoms with Gasteiger partial charge in [0.15, 0.2) is 0 Å². The number of aliphatic hydroxyl groups excluding tert-OH is 1. The second-order valence-corrected chi connectivity index (χ2v) is 5.64. The first kappa shape index (κ1) is 10.5. The summed E-state index contributed by atoms with van der Waals surface area (Å²) >= 11 is 0. The monoisotopic (exact) mass is 225 g/mol. The van der Waals surface area contributed by atoms with Crippen LogP contribution in [-0.2, 0) is 4.79 Å². The smallest absolute Gasteiger partial charge is 0.321 e. The van der Waals surface area contributed by atoms with Crippen molar-refractivity contribution >= 4 is 5.97 Å². The first-order valence-corrected chi connectivity index (χ1v) is 6.31. The fourth-order valence-corrected chi connectivity index (χ4v) is 3.57. The molecule has 1 heterocycles. The van der Waals surface area contributed by atoms with Crippen molar-refractivity contribution in [1.29, 1.82) is 0 Å². The Hall–Kier alpha value is -0.610. The van der Waals surface area contributed by atoms with E-state index < -0.39 is 5.97 Å². The normalized spacial score (nSPS) is 40.9. The first-order valence-electron chi connectivity index (χ1n) is 6.31. The van der Waals surface area contributed by atoms with Crippen LogP contribution in [0.3, 0.4) is 0 Å². The number of aliphatic carboxylic acids is 1. The van der Waals surface area contributed by atoms with Gasteiger partial charge in [-0.2, -0.15) is 0 Å². The Morgan fingerprint density at radius 3 is 2.50 bits per heavy atom. The lowest BCUT2D eigenvalue weighted by Crippen LogP contribution is -2.42. The topological polar surface area (TPSA) is 60.8 Å². The maximum Gasteiger partial charge on any atom is 0.321 e. The minimum atomic E-state index is -0.669. The third-order valence-electron chi connectivity index (χ3n) is 4.56. The molecule has 4 heteroatoms. The summed E-state index contributed by atoms with van der Waals surface area (Å²) in [6.45, 7) is 1.68. The van der Waals surface area contributed by atoms with Gasteiger partial charge in [-0.3, -0.25) is 9.69 Å². The summed E-state index contributed by atoms with van der Waals surface area (Å²) in [4.78, 5) is 13.4. The number of hydrogen-bond donors (Lipinski definition) is 2. The quantitative estimate of drug-likeness (QED) is 0.736. The Morgan fingerprint density at radius 1 is 1.19 bits per heavy atom. The predicted molar refractivity (Wildman–Crippen MR) is 57.9 cm³/mol. The lowest BCUT2D eigenvalue weighted by molar-refractivity contribution is -0.143. The van der Waals surface area contributed by atoms with E-state index in [0.29, 0.717) is 17.8 Å². The zero-order chi connectivity index (χ0) is 11.3. The Labute approximate surface area is 95.2 Å². The molecule has 2 saturated carbocycles. The highest BCUT2D eigenvalue weighted by molar-refractivity contribution is 5.74. The van der Waals surface area contributed by atoms with Gasteiger partial charge in [0.1, 0.15) is 6.04 Å². The minimum Gasteiger partial charge on any atom is -0.480 e. The van der Waals surface area contributed by atoms with Crippen molar-refractivity contribution < 1.29 is 15.0 Å². The Bertz CT molecular complexity index is 303. The van der Waals surface area contributed by atoms with Crippen molar-refractivity contribution in [2.24, 2.45) is 17.8 Å². The molecule has 0 bridgehead atoms. The highest BCUT2D eigenvalue weighted by Crippen LogP contribution is 2.43. The summed E-state index contributed by atoms with van der Waals surface area (Å²) < 4.78 is 0. The van der Waals surface area contributed by atoms with Crippen LogP contribution in [0.1, 0.15) is 25.7 Å². The molecule has 4 nitrogen and oxygen atoms in total. The van der Waals surface area contributed by atoms with Gasteiger partial charge in [-0.05, 0) is 37.5 Å². The molecule has 0 radical (unpaired) electrons. The third kappa shape index (κ3) is 1.64. The zero-order valence-electron chi connectivity index (χ0n) is 9.38. The van der Waals surface area contributed by atoms with E-state index in [1.54, 1.807) is 0 Å². The van der Waals surface area contributed by atoms with Crippen molar-refractivity contribution in [1.82, 2.24) is 4.90 Å². The lowest BCUT2D eigenvalue weighted by atomic mass is 10.00. The van der Waals surface area contributed by atoms with Crippen LogP contribution < -0.4 is 0 Å². The average Bonchev–Trinajstić information content (AvgIpc) is 2.85. The van der Waals surface area contributed by atoms with Gasteiger partial charge in [0.2, 0.25) is 0 Å². The van der Waals surface area contributed by atoms with Crippen molar-refractivity contribution in [2.75, 3.05) is 13.1 Å². The fourth-order valence-electron chi connectivity index (χ4n) is 3.57. The predicted octanol–water partition coefficient (Wildman–Crippen LogP) is 0.552. The minimum absolute atomic E-state index is 0.191. The standard InChI is InChI=1S/C12H19NO3/c14-10-4-3-8-5-13(6-9(8)10)11(12(15)16)7-1-2-7/h7-11,14H,1-6H2,(H,15,16). The molecule has 16 heavy (non-hydrogen) atoms. The summed E-state index contributed by atoms with van der Waals surface area (Å²) in [6, 6.07) is -0.280. The van der Waals surface area contributed by atoms with Crippen LogP contribution in [0.2, 0.25) is 0 Å². The van der Waals surface area contributed by atoms with Crippen molar-refractivity contribution in [3.05, 3.63) is 0 Å². The molecule has 0 aromatic heterocycles. The Kier molecular flexibility index (Phi) is 2.44. The van der Waals surface area contributed by atoms with Crippen LogP contribution in [0.25, 0.3) is 0 Å². The number of carbonyl (C=O) groups is 1. The van der Waals surface area contributed by atoms with E-state index in [9.17, 15) is 15.0 Å². The number of likely N-dealkylation sites (tertiary alicyclic amines) is 1. The Morgan fingerprint density at radius 2 is 1.94 bits per heavy atom. The van der Waals surface area contributed by atoms with Crippen LogP contribution in [0.4, 0.5) is 0 Å². The van der Waals surface area contributed by atoms with Crippen molar-refractivity contribution in [3.8, 4) is 0 Å². The first-order chi connectivity index (χ1) is 7.66. The lowest BCUT2D eigenvalue weighted by Gasteiger charge is -2.25. The largest absolute Gasteiger partial charge is 0.480 e. The Balaban J connectivity index is 1.70. The summed E-state index contributed by atoms with van der Waals surface area (Å²) in [5, 5.41) is 19.1. The van der Waals surface area contributed by atoms with Gasteiger partial charge in [0.05, 0.1) is 6.10 Å². The van der Waals surface area contributed by atoms with E-state index in [4.69, 9.17) is 0 Å². The SMILES string of the molecule is O=C(O)C(C1CC1)N1CC2CCC(O)C2C1. The van der Waals surface area contributed by atoms with Gasteiger partial charge < -0.3 is 10.2 Å². The molecular weight excluding hydrogens is 206 g/mol. The molecule has 3 rings (SSSR count). The second-order valence-electron chi connectivity index (χ2n) is 5.64. The molecular formula is C12H19NO3. The van der Waals surface area contributed by atoms with Crippen molar-refractivity contribution in [2.45, 2.75) is 37.8 Å². The molecule has 90 valence electrons. The molecule has 0 aromatic carbocycles. The summed E-state index contributed by atoms with van der Waals surface area (Å²) in [6.07, 6.45) is 3.91. The molecule has 3 aliphatic rings. The van der Waals surface area contributed by atoms with Crippen LogP contribution in [-0.4, -0.2) is 46.3 Å². The number of fused-ring (bicyclic) bond motifs is 1. The van der Waals surface area contributed by atoms with Gasteiger partial charge >= 0.3 is 5.97 Å². The van der Waals surface area contributed by atoms with Gasteiger partial charge in [0.25, 0.3) is 0 Å². The van der Waals surface area contributed by atoms with E-state index in [-0.39, 0.29) is 12.1 Å². The second kappa shape index (κ2) is 3.70. The van der Waals surface area contributed by atoms with Gasteiger partial charge in [-0.15, -0.1) is 0 Å². The summed E-state index contributed by atoms with van der Waals surface area (Å²) in [7, 11) is 0. The molecule has 3 fully saturated rings. The number of carboxylic acid groups (broad SMARTS) is 1. The molecule has 0 spiro atoms. The molecule has 1 saturated heterocycles. The highest BCUT2D eigenvalue weighted by Gasteiger charge is 2.48. The summed E-state index contributed by atoms with van der Waals surface area (Å²) in [5.41, 5.74) is 0. The maximum absolute atomic E-state index is 11.3. The van der Waals surface area contributed by atoms with Crippen LogP contribution in [0.5, 0.6) is 0 Å². The third-order valence-corrected chi connectivity index (χ3v) is 4.56. The van der Waals surface area contributed by atoms with E-state index in [2.05, 4.69) is 4.90 Å². The van der Waals surface area contributed by atoms with Gasteiger partial charge in [-0.1, -0.05) is 0 Å². The molecule has 0 amide bonds. The number of rotatable bonds is 3. The van der Waals surface area contributed by atoms with Crippen LogP contribution in [0.15, 0.2) is 0 Å². The van der Waals surface area contributed by atoms with Gasteiger partial charge in [0, 0.05) is 19.0 Å². The molecule has 0 aromatic rings. The number of carboxylic acids is 1. The van der Waals surface area contributed by atoms with E-state index >= 15 is 0 Å². The number of aliphatic hydroxyl groups is 1. The molecule has 4 unspecified atom stereocenters. The maximum atomic E-state index is 11.3. The molecule has 1 aliphatic heterocycles. The average molecular weight is 225 g/mol. The fraction of sp³-hybridized carbons (Fsp3) is 0.917. The highest BCUT2D eigenvalue weighted by atomic mass is 16.4. The molecule has 2 N–H and O–H groups in total. The molecule has 4 atom stereocenters. The molecule has 2 aliphatic carbocycles.